The second-order valence-electron chi connectivity index (χ2n) is 2.00. The van der Waals surface area contributed by atoms with E-state index in [0.717, 1.165) is 11.8 Å². The predicted molar refractivity (Wildman–Crippen MR) is 46.6 cm³/mol. The Morgan fingerprint density at radius 2 is 2.33 bits per heavy atom. The molecule has 0 heterocycles. The SMILES string of the molecule is C/C=N\CCC(C)SC. The highest BCUT2D eigenvalue weighted by Gasteiger charge is 1.95. The van der Waals surface area contributed by atoms with E-state index in [0.29, 0.717) is 0 Å². The van der Waals surface area contributed by atoms with Crippen molar-refractivity contribution in [3.63, 3.8) is 0 Å². The van der Waals surface area contributed by atoms with E-state index in [2.05, 4.69) is 18.2 Å². The number of thioether (sulfide) groups is 1. The number of hydrogen-bond acceptors (Lipinski definition) is 2. The molecule has 0 aliphatic carbocycles. The van der Waals surface area contributed by atoms with Gasteiger partial charge in [0.25, 0.3) is 0 Å². The summed E-state index contributed by atoms with van der Waals surface area (Å²) in [7, 11) is 0. The van der Waals surface area contributed by atoms with Crippen LogP contribution in [0.4, 0.5) is 0 Å². The van der Waals surface area contributed by atoms with Gasteiger partial charge in [-0.1, -0.05) is 6.92 Å². The molecule has 1 atom stereocenters. The first-order valence-electron chi connectivity index (χ1n) is 3.28. The van der Waals surface area contributed by atoms with Crippen molar-refractivity contribution in [2.45, 2.75) is 25.5 Å². The van der Waals surface area contributed by atoms with E-state index in [1.807, 2.05) is 24.9 Å². The number of hydrogen-bond donors (Lipinski definition) is 0. The zero-order chi connectivity index (χ0) is 7.11. The molecule has 0 spiro atoms. The maximum absolute atomic E-state index is 4.12. The minimum absolute atomic E-state index is 0.758. The molecule has 0 aliphatic heterocycles. The van der Waals surface area contributed by atoms with Crippen LogP contribution in [0.3, 0.4) is 0 Å². The fourth-order valence-corrected chi connectivity index (χ4v) is 0.844. The molecule has 0 aromatic rings. The summed E-state index contributed by atoms with van der Waals surface area (Å²) in [6.45, 7) is 5.18. The van der Waals surface area contributed by atoms with Gasteiger partial charge in [-0.15, -0.1) is 0 Å². The number of rotatable bonds is 4. The Morgan fingerprint density at radius 3 is 2.78 bits per heavy atom. The zero-order valence-corrected chi connectivity index (χ0v) is 7.24. The minimum Gasteiger partial charge on any atom is -0.298 e. The highest BCUT2D eigenvalue weighted by Crippen LogP contribution is 2.08. The smallest absolute Gasteiger partial charge is 0.0395 e. The Hall–Kier alpha value is 0.0200. The summed E-state index contributed by atoms with van der Waals surface area (Å²) in [5.41, 5.74) is 0. The van der Waals surface area contributed by atoms with Gasteiger partial charge in [-0.05, 0) is 25.8 Å². The highest BCUT2D eigenvalue weighted by atomic mass is 32.2. The summed E-state index contributed by atoms with van der Waals surface area (Å²) < 4.78 is 0. The number of aliphatic imine (C=N–C) groups is 1. The highest BCUT2D eigenvalue weighted by molar-refractivity contribution is 7.99. The molecule has 0 amide bonds. The fourth-order valence-electron chi connectivity index (χ4n) is 0.503. The van der Waals surface area contributed by atoms with Crippen LogP contribution in [-0.2, 0) is 0 Å². The largest absolute Gasteiger partial charge is 0.298 e. The van der Waals surface area contributed by atoms with Crippen LogP contribution >= 0.6 is 11.8 Å². The lowest BCUT2D eigenvalue weighted by molar-refractivity contribution is 0.828. The van der Waals surface area contributed by atoms with Crippen LogP contribution in [0, 0.1) is 0 Å². The van der Waals surface area contributed by atoms with Gasteiger partial charge in [0.1, 0.15) is 0 Å². The van der Waals surface area contributed by atoms with E-state index >= 15 is 0 Å². The normalized spacial score (nSPS) is 14.6. The van der Waals surface area contributed by atoms with Gasteiger partial charge in [0.15, 0.2) is 0 Å². The molecule has 0 aromatic carbocycles. The minimum atomic E-state index is 0.758. The van der Waals surface area contributed by atoms with Gasteiger partial charge >= 0.3 is 0 Å². The van der Waals surface area contributed by atoms with Gasteiger partial charge < -0.3 is 0 Å². The summed E-state index contributed by atoms with van der Waals surface area (Å²) >= 11 is 1.90. The van der Waals surface area contributed by atoms with E-state index in [1.54, 1.807) is 0 Å². The lowest BCUT2D eigenvalue weighted by Gasteiger charge is -2.03. The van der Waals surface area contributed by atoms with E-state index in [9.17, 15) is 0 Å². The second-order valence-corrected chi connectivity index (χ2v) is 3.28. The van der Waals surface area contributed by atoms with Crippen LogP contribution in [0.2, 0.25) is 0 Å². The van der Waals surface area contributed by atoms with Gasteiger partial charge in [0.2, 0.25) is 0 Å². The Morgan fingerprint density at radius 1 is 1.67 bits per heavy atom. The average Bonchev–Trinajstić information content (AvgIpc) is 1.89. The van der Waals surface area contributed by atoms with Crippen molar-refractivity contribution in [3.8, 4) is 0 Å². The van der Waals surface area contributed by atoms with Crippen LogP contribution in [-0.4, -0.2) is 24.3 Å². The van der Waals surface area contributed by atoms with Crippen molar-refractivity contribution in [2.75, 3.05) is 12.8 Å². The quantitative estimate of drug-likeness (QED) is 0.552. The van der Waals surface area contributed by atoms with E-state index in [4.69, 9.17) is 0 Å². The molecule has 9 heavy (non-hydrogen) atoms. The summed E-state index contributed by atoms with van der Waals surface area (Å²) in [6.07, 6.45) is 5.21. The molecule has 1 nitrogen and oxygen atoms in total. The van der Waals surface area contributed by atoms with Crippen molar-refractivity contribution < 1.29 is 0 Å². The van der Waals surface area contributed by atoms with Gasteiger partial charge in [-0.25, -0.2) is 0 Å². The molecule has 0 aromatic heterocycles. The van der Waals surface area contributed by atoms with E-state index < -0.39 is 0 Å². The molecule has 0 rings (SSSR count). The standard InChI is InChI=1S/C7H15NS/c1-4-8-6-5-7(2)9-3/h4,7H,5-6H2,1-3H3/b8-4-. The summed E-state index contributed by atoms with van der Waals surface area (Å²) in [4.78, 5) is 4.12. The molecule has 0 saturated heterocycles. The summed E-state index contributed by atoms with van der Waals surface area (Å²) in [5.74, 6) is 0. The molecule has 2 heteroatoms. The van der Waals surface area contributed by atoms with Crippen molar-refractivity contribution in [2.24, 2.45) is 4.99 Å². The van der Waals surface area contributed by atoms with Crippen LogP contribution < -0.4 is 0 Å². The summed E-state index contributed by atoms with van der Waals surface area (Å²) in [5, 5.41) is 0.758. The van der Waals surface area contributed by atoms with E-state index in [1.165, 1.54) is 6.42 Å². The Kier molecular flexibility index (Phi) is 6.16. The molecule has 0 N–H and O–H groups in total. The molecule has 0 radical (unpaired) electrons. The monoisotopic (exact) mass is 145 g/mol. The maximum atomic E-state index is 4.12. The molecule has 1 unspecified atom stereocenters. The molecule has 54 valence electrons. The van der Waals surface area contributed by atoms with Crippen molar-refractivity contribution in [1.29, 1.82) is 0 Å². The summed E-state index contributed by atoms with van der Waals surface area (Å²) in [6, 6.07) is 0. The maximum Gasteiger partial charge on any atom is 0.0395 e. The third-order valence-corrected chi connectivity index (χ3v) is 2.29. The van der Waals surface area contributed by atoms with Crippen LogP contribution in [0.15, 0.2) is 4.99 Å². The van der Waals surface area contributed by atoms with Crippen LogP contribution in [0.25, 0.3) is 0 Å². The third-order valence-electron chi connectivity index (χ3n) is 1.25. The molecular formula is C7H15NS. The first-order chi connectivity index (χ1) is 4.31. The Bertz CT molecular complexity index is 81.0. The Balaban J connectivity index is 3.06. The first kappa shape index (κ1) is 9.02. The lowest BCUT2D eigenvalue weighted by Crippen LogP contribution is -1.96. The zero-order valence-electron chi connectivity index (χ0n) is 6.42. The van der Waals surface area contributed by atoms with Gasteiger partial charge in [0, 0.05) is 11.8 Å². The van der Waals surface area contributed by atoms with Crippen molar-refractivity contribution in [1.82, 2.24) is 0 Å². The first-order valence-corrected chi connectivity index (χ1v) is 4.57. The average molecular weight is 145 g/mol. The molecular weight excluding hydrogens is 130 g/mol. The predicted octanol–water partition coefficient (Wildman–Crippen LogP) is 2.22. The topological polar surface area (TPSA) is 12.4 Å². The molecule has 0 fully saturated rings. The second kappa shape index (κ2) is 6.14. The van der Waals surface area contributed by atoms with E-state index in [-0.39, 0.29) is 0 Å². The fraction of sp³-hybridized carbons (Fsp3) is 0.857. The molecule has 0 aliphatic rings. The Labute approximate surface area is 61.9 Å². The number of nitrogens with zero attached hydrogens (tertiary/aromatic N) is 1. The van der Waals surface area contributed by atoms with Crippen molar-refractivity contribution in [3.05, 3.63) is 0 Å². The lowest BCUT2D eigenvalue weighted by atomic mass is 10.3. The third kappa shape index (κ3) is 5.90. The van der Waals surface area contributed by atoms with Crippen LogP contribution in [0.1, 0.15) is 20.3 Å². The van der Waals surface area contributed by atoms with Gasteiger partial charge in [-0.3, -0.25) is 4.99 Å². The van der Waals surface area contributed by atoms with Gasteiger partial charge in [-0.2, -0.15) is 11.8 Å². The van der Waals surface area contributed by atoms with Crippen molar-refractivity contribution >= 4 is 18.0 Å². The molecule has 0 saturated carbocycles. The molecule has 0 bridgehead atoms. The van der Waals surface area contributed by atoms with Crippen LogP contribution in [0.5, 0.6) is 0 Å². The van der Waals surface area contributed by atoms with Gasteiger partial charge in [0.05, 0.1) is 0 Å².